The van der Waals surface area contributed by atoms with Crippen molar-refractivity contribution in [3.63, 3.8) is 0 Å². The second-order valence-electron chi connectivity index (χ2n) is 7.24. The fourth-order valence-electron chi connectivity index (χ4n) is 3.18. The van der Waals surface area contributed by atoms with Gasteiger partial charge in [-0.1, -0.05) is 23.8 Å². The predicted octanol–water partition coefficient (Wildman–Crippen LogP) is 5.10. The van der Waals surface area contributed by atoms with Gasteiger partial charge in [0.25, 0.3) is 0 Å². The van der Waals surface area contributed by atoms with E-state index in [1.54, 1.807) is 31.2 Å². The lowest BCUT2D eigenvalue weighted by Gasteiger charge is -2.11. The summed E-state index contributed by atoms with van der Waals surface area (Å²) in [5, 5.41) is 0. The van der Waals surface area contributed by atoms with Crippen molar-refractivity contribution in [1.29, 1.82) is 0 Å². The van der Waals surface area contributed by atoms with Crippen molar-refractivity contribution < 1.29 is 28.2 Å². The topological polar surface area (TPSA) is 74.2 Å². The number of hydrogen-bond acceptors (Lipinski definition) is 6. The van der Waals surface area contributed by atoms with Crippen LogP contribution in [0.2, 0.25) is 0 Å². The molecular formula is C26H20FNO5. The van der Waals surface area contributed by atoms with Gasteiger partial charge < -0.3 is 14.2 Å². The van der Waals surface area contributed by atoms with Crippen molar-refractivity contribution in [3.8, 4) is 11.5 Å². The first kappa shape index (κ1) is 22.0. The fraction of sp³-hybridized carbons (Fsp3) is 0.115. The molecule has 0 aliphatic carbocycles. The van der Waals surface area contributed by atoms with Gasteiger partial charge in [-0.3, -0.25) is 0 Å². The van der Waals surface area contributed by atoms with Gasteiger partial charge in [-0.05, 0) is 74.0 Å². The largest absolute Gasteiger partial charge is 0.490 e. The second-order valence-corrected chi connectivity index (χ2v) is 7.24. The van der Waals surface area contributed by atoms with Gasteiger partial charge in [-0.15, -0.1) is 0 Å². The molecule has 0 aromatic heterocycles. The number of nitrogens with zero attached hydrogens (tertiary/aromatic N) is 1. The van der Waals surface area contributed by atoms with Gasteiger partial charge in [0, 0.05) is 5.56 Å². The zero-order valence-electron chi connectivity index (χ0n) is 18.0. The number of benzene rings is 3. The Morgan fingerprint density at radius 1 is 1.06 bits per heavy atom. The van der Waals surface area contributed by atoms with Gasteiger partial charge in [0.15, 0.2) is 17.2 Å². The van der Waals surface area contributed by atoms with E-state index in [0.29, 0.717) is 23.5 Å². The highest BCUT2D eigenvalue weighted by Crippen LogP contribution is 2.31. The number of halogens is 1. The van der Waals surface area contributed by atoms with E-state index in [4.69, 9.17) is 14.2 Å². The van der Waals surface area contributed by atoms with Gasteiger partial charge in [-0.25, -0.2) is 19.0 Å². The Kier molecular flexibility index (Phi) is 6.31. The Morgan fingerprint density at radius 2 is 1.85 bits per heavy atom. The number of aryl methyl sites for hydroxylation is 1. The molecule has 0 fully saturated rings. The van der Waals surface area contributed by atoms with Gasteiger partial charge in [-0.2, -0.15) is 0 Å². The average molecular weight is 445 g/mol. The van der Waals surface area contributed by atoms with Crippen LogP contribution in [0.4, 0.5) is 4.39 Å². The molecule has 0 saturated heterocycles. The van der Waals surface area contributed by atoms with Crippen molar-refractivity contribution >= 4 is 23.9 Å². The number of aliphatic imine (C=N–C) groups is 1. The molecule has 3 aromatic carbocycles. The van der Waals surface area contributed by atoms with E-state index < -0.39 is 17.8 Å². The monoisotopic (exact) mass is 445 g/mol. The molecule has 1 aliphatic rings. The second kappa shape index (κ2) is 9.48. The van der Waals surface area contributed by atoms with Crippen LogP contribution in [0, 0.1) is 12.7 Å². The van der Waals surface area contributed by atoms with Gasteiger partial charge in [0.2, 0.25) is 5.90 Å². The van der Waals surface area contributed by atoms with Crippen molar-refractivity contribution in [1.82, 2.24) is 0 Å². The smallest absolute Gasteiger partial charge is 0.363 e. The van der Waals surface area contributed by atoms with Crippen LogP contribution in [0.1, 0.15) is 34.0 Å². The number of ether oxygens (including phenoxy) is 3. The minimum atomic E-state index is -0.645. The van der Waals surface area contributed by atoms with Gasteiger partial charge >= 0.3 is 11.9 Å². The molecule has 0 N–H and O–H groups in total. The SMILES string of the molecule is CCOc1cc(/C=C2/N=C(c3cccc(C)c3)OC2=O)ccc1OC(=O)c1ccc(F)cc1. The summed E-state index contributed by atoms with van der Waals surface area (Å²) in [4.78, 5) is 29.0. The van der Waals surface area contributed by atoms with Crippen molar-refractivity contribution in [2.45, 2.75) is 13.8 Å². The molecule has 6 nitrogen and oxygen atoms in total. The molecule has 0 amide bonds. The molecule has 3 aromatic rings. The Labute approximate surface area is 189 Å². The van der Waals surface area contributed by atoms with E-state index >= 15 is 0 Å². The molecule has 0 unspecified atom stereocenters. The van der Waals surface area contributed by atoms with E-state index in [1.165, 1.54) is 24.3 Å². The maximum absolute atomic E-state index is 13.1. The summed E-state index contributed by atoms with van der Waals surface area (Å²) in [6.45, 7) is 4.07. The Hall–Kier alpha value is -4.26. The minimum Gasteiger partial charge on any atom is -0.490 e. The zero-order chi connectivity index (χ0) is 23.4. The molecule has 166 valence electrons. The van der Waals surface area contributed by atoms with Crippen LogP contribution in [-0.2, 0) is 9.53 Å². The maximum atomic E-state index is 13.1. The molecule has 7 heteroatoms. The van der Waals surface area contributed by atoms with Crippen LogP contribution in [-0.4, -0.2) is 24.4 Å². The van der Waals surface area contributed by atoms with E-state index in [0.717, 1.165) is 5.56 Å². The highest BCUT2D eigenvalue weighted by molar-refractivity contribution is 6.12. The number of carbonyl (C=O) groups excluding carboxylic acids is 2. The first-order chi connectivity index (χ1) is 15.9. The van der Waals surface area contributed by atoms with Crippen LogP contribution >= 0.6 is 0 Å². The van der Waals surface area contributed by atoms with Crippen LogP contribution in [0.25, 0.3) is 6.08 Å². The molecule has 0 bridgehead atoms. The first-order valence-electron chi connectivity index (χ1n) is 10.3. The average Bonchev–Trinajstić information content (AvgIpc) is 3.16. The summed E-state index contributed by atoms with van der Waals surface area (Å²) in [6, 6.07) is 17.4. The summed E-state index contributed by atoms with van der Waals surface area (Å²) >= 11 is 0. The third kappa shape index (κ3) is 5.15. The molecular weight excluding hydrogens is 425 g/mol. The summed E-state index contributed by atoms with van der Waals surface area (Å²) < 4.78 is 29.5. The first-order valence-corrected chi connectivity index (χ1v) is 10.3. The van der Waals surface area contributed by atoms with Crippen LogP contribution < -0.4 is 9.47 Å². The van der Waals surface area contributed by atoms with Crippen molar-refractivity contribution in [2.75, 3.05) is 6.61 Å². The number of hydrogen-bond donors (Lipinski definition) is 0. The lowest BCUT2D eigenvalue weighted by atomic mass is 10.1. The molecule has 33 heavy (non-hydrogen) atoms. The van der Waals surface area contributed by atoms with E-state index in [2.05, 4.69) is 4.99 Å². The number of cyclic esters (lactones) is 1. The summed E-state index contributed by atoms with van der Waals surface area (Å²) in [5.74, 6) is -0.893. The fourth-order valence-corrected chi connectivity index (χ4v) is 3.18. The number of carbonyl (C=O) groups is 2. The quantitative estimate of drug-likeness (QED) is 0.300. The molecule has 0 atom stereocenters. The van der Waals surface area contributed by atoms with Crippen LogP contribution in [0.15, 0.2) is 77.4 Å². The van der Waals surface area contributed by atoms with Crippen molar-refractivity contribution in [2.24, 2.45) is 4.99 Å². The van der Waals surface area contributed by atoms with E-state index in [-0.39, 0.29) is 22.9 Å². The Bertz CT molecular complexity index is 1280. The lowest BCUT2D eigenvalue weighted by Crippen LogP contribution is -2.09. The Balaban J connectivity index is 1.59. The maximum Gasteiger partial charge on any atom is 0.363 e. The molecule has 0 radical (unpaired) electrons. The summed E-state index contributed by atoms with van der Waals surface area (Å²) in [5.41, 5.74) is 2.70. The molecule has 4 rings (SSSR count). The van der Waals surface area contributed by atoms with Crippen molar-refractivity contribution in [3.05, 3.63) is 100 Å². The summed E-state index contributed by atoms with van der Waals surface area (Å²) in [7, 11) is 0. The molecule has 0 saturated carbocycles. The predicted molar refractivity (Wildman–Crippen MR) is 121 cm³/mol. The minimum absolute atomic E-state index is 0.144. The highest BCUT2D eigenvalue weighted by Gasteiger charge is 2.24. The third-order valence-electron chi connectivity index (χ3n) is 4.74. The molecule has 0 spiro atoms. The number of rotatable bonds is 6. The highest BCUT2D eigenvalue weighted by atomic mass is 19.1. The molecule has 1 aliphatic heterocycles. The number of esters is 2. The van der Waals surface area contributed by atoms with E-state index in [9.17, 15) is 14.0 Å². The standard InChI is InChI=1S/C26H20FNO5/c1-3-31-23-15-17(7-12-22(23)32-25(29)18-8-10-20(27)11-9-18)14-21-26(30)33-24(28-21)19-6-4-5-16(2)13-19/h4-15H,3H2,1-2H3/b21-14+. The zero-order valence-corrected chi connectivity index (χ0v) is 18.0. The van der Waals surface area contributed by atoms with Gasteiger partial charge in [0.05, 0.1) is 12.2 Å². The lowest BCUT2D eigenvalue weighted by molar-refractivity contribution is -0.129. The Morgan fingerprint density at radius 3 is 2.58 bits per heavy atom. The molecule has 1 heterocycles. The van der Waals surface area contributed by atoms with E-state index in [1.807, 2.05) is 31.2 Å². The van der Waals surface area contributed by atoms with Crippen LogP contribution in [0.3, 0.4) is 0 Å². The summed E-state index contributed by atoms with van der Waals surface area (Å²) in [6.07, 6.45) is 1.57. The normalized spacial score (nSPS) is 14.1. The van der Waals surface area contributed by atoms with Crippen LogP contribution in [0.5, 0.6) is 11.5 Å². The van der Waals surface area contributed by atoms with Gasteiger partial charge in [0.1, 0.15) is 5.82 Å². The third-order valence-corrected chi connectivity index (χ3v) is 4.74.